The van der Waals surface area contributed by atoms with Crippen molar-refractivity contribution in [2.45, 2.75) is 26.7 Å². The molecule has 0 aliphatic carbocycles. The molecule has 0 aromatic carbocycles. The summed E-state index contributed by atoms with van der Waals surface area (Å²) < 4.78 is 4.56. The number of allylic oxidation sites excluding steroid dienone is 3. The highest BCUT2D eigenvalue weighted by Crippen LogP contribution is 2.01. The van der Waals surface area contributed by atoms with Crippen molar-refractivity contribution < 1.29 is 34.1 Å². The molecule has 0 aromatic rings. The average Bonchev–Trinajstić information content (AvgIpc) is 2.34. The van der Waals surface area contributed by atoms with E-state index < -0.39 is 41.3 Å². The highest BCUT2D eigenvalue weighted by atomic mass is 16.5. The number of carbonyl (C=O) groups excluding carboxylic acids is 4. The molecule has 0 spiro atoms. The molecular formula is C13H16O7. The van der Waals surface area contributed by atoms with Crippen LogP contribution in [0.3, 0.4) is 0 Å². The van der Waals surface area contributed by atoms with E-state index in [0.29, 0.717) is 18.6 Å². The van der Waals surface area contributed by atoms with Gasteiger partial charge in [0, 0.05) is 12.2 Å². The fourth-order valence-electron chi connectivity index (χ4n) is 1.05. The molecule has 2 N–H and O–H groups in total. The van der Waals surface area contributed by atoms with Gasteiger partial charge in [0.1, 0.15) is 0 Å². The molecule has 0 bridgehead atoms. The number of Topliss-reactive ketones (excluding diaryl/α,β-unsaturated/α-hetero) is 1. The van der Waals surface area contributed by atoms with E-state index in [-0.39, 0.29) is 6.61 Å². The number of aliphatic hydroxyl groups excluding tert-OH is 2. The summed E-state index contributed by atoms with van der Waals surface area (Å²) in [5.74, 6) is -5.29. The zero-order chi connectivity index (χ0) is 15.7. The summed E-state index contributed by atoms with van der Waals surface area (Å²) in [5, 5.41) is 18.4. The van der Waals surface area contributed by atoms with E-state index in [0.717, 1.165) is 6.92 Å². The van der Waals surface area contributed by atoms with Crippen LogP contribution in [0.15, 0.2) is 23.7 Å². The molecular weight excluding hydrogens is 268 g/mol. The predicted molar refractivity (Wildman–Crippen MR) is 68.0 cm³/mol. The van der Waals surface area contributed by atoms with Gasteiger partial charge in [-0.3, -0.25) is 14.4 Å². The molecule has 0 aromatic heterocycles. The standard InChI is InChI=1S/C13H16O7/c1-3-4-20-13(19)12(18)7-9(15)6-11(17)10(16)5-8(2)14/h5,7,16,18H,3-4,6H2,1-2H3/b10-5+,12-7-. The van der Waals surface area contributed by atoms with Gasteiger partial charge in [0.15, 0.2) is 17.3 Å². The number of ether oxygens (including phenoxy) is 1. The van der Waals surface area contributed by atoms with Gasteiger partial charge in [0.25, 0.3) is 0 Å². The SMILES string of the molecule is CCCOC(=O)/C(O)=C/C(=O)CC(=O)/C(O)=C\C(C)=O. The van der Waals surface area contributed by atoms with Crippen molar-refractivity contribution in [2.75, 3.05) is 6.61 Å². The molecule has 0 heterocycles. The lowest BCUT2D eigenvalue weighted by atomic mass is 10.1. The van der Waals surface area contributed by atoms with E-state index in [1.807, 2.05) is 0 Å². The average molecular weight is 284 g/mol. The number of aliphatic hydroxyl groups is 2. The number of hydrogen-bond acceptors (Lipinski definition) is 7. The van der Waals surface area contributed by atoms with Crippen LogP contribution >= 0.6 is 0 Å². The van der Waals surface area contributed by atoms with Gasteiger partial charge in [-0.05, 0) is 13.3 Å². The first kappa shape index (κ1) is 17.6. The molecule has 0 aliphatic rings. The van der Waals surface area contributed by atoms with Crippen molar-refractivity contribution in [3.63, 3.8) is 0 Å². The molecule has 20 heavy (non-hydrogen) atoms. The fraction of sp³-hybridized carbons (Fsp3) is 0.385. The number of ketones is 3. The predicted octanol–water partition coefficient (Wildman–Crippen LogP) is 0.941. The van der Waals surface area contributed by atoms with Crippen LogP contribution < -0.4 is 0 Å². The van der Waals surface area contributed by atoms with Gasteiger partial charge < -0.3 is 14.9 Å². The van der Waals surface area contributed by atoms with Gasteiger partial charge in [-0.25, -0.2) is 4.79 Å². The molecule has 0 radical (unpaired) electrons. The molecule has 7 heteroatoms. The van der Waals surface area contributed by atoms with Crippen LogP contribution in [0.2, 0.25) is 0 Å². The number of carbonyl (C=O) groups is 4. The lowest BCUT2D eigenvalue weighted by Gasteiger charge is -2.01. The molecule has 0 aliphatic heterocycles. The van der Waals surface area contributed by atoms with Crippen molar-refractivity contribution in [2.24, 2.45) is 0 Å². The minimum Gasteiger partial charge on any atom is -0.504 e. The van der Waals surface area contributed by atoms with Crippen molar-refractivity contribution in [3.05, 3.63) is 23.7 Å². The Morgan fingerprint density at radius 1 is 1.05 bits per heavy atom. The van der Waals surface area contributed by atoms with Crippen LogP contribution in [0.5, 0.6) is 0 Å². The van der Waals surface area contributed by atoms with Gasteiger partial charge in [-0.2, -0.15) is 0 Å². The second kappa shape index (κ2) is 8.63. The highest BCUT2D eigenvalue weighted by Gasteiger charge is 2.16. The van der Waals surface area contributed by atoms with Gasteiger partial charge in [0.2, 0.25) is 11.5 Å². The Labute approximate surface area is 115 Å². The number of hydrogen-bond donors (Lipinski definition) is 2. The highest BCUT2D eigenvalue weighted by molar-refractivity contribution is 6.12. The summed E-state index contributed by atoms with van der Waals surface area (Å²) in [6.07, 6.45) is 0.988. The summed E-state index contributed by atoms with van der Waals surface area (Å²) in [7, 11) is 0. The number of esters is 1. The first-order valence-corrected chi connectivity index (χ1v) is 5.83. The Morgan fingerprint density at radius 3 is 2.15 bits per heavy atom. The maximum atomic E-state index is 11.3. The van der Waals surface area contributed by atoms with E-state index in [1.54, 1.807) is 6.92 Å². The van der Waals surface area contributed by atoms with Crippen LogP contribution in [0, 0.1) is 0 Å². The van der Waals surface area contributed by atoms with E-state index in [1.165, 1.54) is 0 Å². The summed E-state index contributed by atoms with van der Waals surface area (Å²) in [4.78, 5) is 44.4. The second-order valence-corrected chi connectivity index (χ2v) is 3.87. The van der Waals surface area contributed by atoms with Crippen molar-refractivity contribution in [3.8, 4) is 0 Å². The van der Waals surface area contributed by atoms with Gasteiger partial charge in [0.05, 0.1) is 13.0 Å². The Balaban J connectivity index is 4.59. The van der Waals surface area contributed by atoms with Gasteiger partial charge >= 0.3 is 5.97 Å². The summed E-state index contributed by atoms with van der Waals surface area (Å²) in [6.45, 7) is 2.97. The molecule has 0 fully saturated rings. The zero-order valence-electron chi connectivity index (χ0n) is 11.2. The molecule has 7 nitrogen and oxygen atoms in total. The maximum Gasteiger partial charge on any atom is 0.373 e. The Bertz CT molecular complexity index is 471. The van der Waals surface area contributed by atoms with Crippen molar-refractivity contribution >= 4 is 23.3 Å². The first-order chi connectivity index (χ1) is 9.27. The van der Waals surface area contributed by atoms with Crippen LogP contribution in [-0.2, 0) is 23.9 Å². The van der Waals surface area contributed by atoms with Gasteiger partial charge in [-0.1, -0.05) is 6.92 Å². The Kier molecular flexibility index (Phi) is 7.57. The molecule has 0 saturated heterocycles. The lowest BCUT2D eigenvalue weighted by molar-refractivity contribution is -0.142. The van der Waals surface area contributed by atoms with E-state index in [4.69, 9.17) is 5.11 Å². The topological polar surface area (TPSA) is 118 Å². The molecule has 0 atom stereocenters. The number of rotatable bonds is 8. The monoisotopic (exact) mass is 284 g/mol. The fourth-order valence-corrected chi connectivity index (χ4v) is 1.05. The molecule has 0 saturated carbocycles. The minimum absolute atomic E-state index is 0.0893. The summed E-state index contributed by atoms with van der Waals surface area (Å²) >= 11 is 0. The van der Waals surface area contributed by atoms with Crippen LogP contribution in [-0.4, -0.2) is 40.1 Å². The third kappa shape index (κ3) is 7.10. The zero-order valence-corrected chi connectivity index (χ0v) is 11.2. The summed E-state index contributed by atoms with van der Waals surface area (Å²) in [5.41, 5.74) is 0. The Hall–Kier alpha value is -2.44. The smallest absolute Gasteiger partial charge is 0.373 e. The van der Waals surface area contributed by atoms with E-state index in [9.17, 15) is 24.3 Å². The Morgan fingerprint density at radius 2 is 1.65 bits per heavy atom. The lowest BCUT2D eigenvalue weighted by Crippen LogP contribution is -2.13. The largest absolute Gasteiger partial charge is 0.504 e. The molecule has 110 valence electrons. The van der Waals surface area contributed by atoms with Crippen molar-refractivity contribution in [1.82, 2.24) is 0 Å². The first-order valence-electron chi connectivity index (χ1n) is 5.83. The maximum absolute atomic E-state index is 11.3. The third-order valence-corrected chi connectivity index (χ3v) is 1.90. The molecule has 0 amide bonds. The second-order valence-electron chi connectivity index (χ2n) is 3.87. The van der Waals surface area contributed by atoms with Crippen molar-refractivity contribution in [1.29, 1.82) is 0 Å². The van der Waals surface area contributed by atoms with E-state index in [2.05, 4.69) is 4.74 Å². The minimum atomic E-state index is -1.07. The van der Waals surface area contributed by atoms with Gasteiger partial charge in [-0.15, -0.1) is 0 Å². The van der Waals surface area contributed by atoms with Crippen LogP contribution in [0.1, 0.15) is 26.7 Å². The normalized spacial score (nSPS) is 11.9. The summed E-state index contributed by atoms with van der Waals surface area (Å²) in [6, 6.07) is 0. The third-order valence-electron chi connectivity index (χ3n) is 1.90. The van der Waals surface area contributed by atoms with E-state index >= 15 is 0 Å². The molecule has 0 rings (SSSR count). The molecule has 0 unspecified atom stereocenters. The van der Waals surface area contributed by atoms with Crippen LogP contribution in [0.4, 0.5) is 0 Å². The van der Waals surface area contributed by atoms with Crippen LogP contribution in [0.25, 0.3) is 0 Å². The quantitative estimate of drug-likeness (QED) is 0.295.